The molecule has 9 atom stereocenters. The number of phenols is 2. The van der Waals surface area contributed by atoms with Crippen molar-refractivity contribution in [3.63, 3.8) is 0 Å². The van der Waals surface area contributed by atoms with E-state index in [9.17, 15) is 39.9 Å². The summed E-state index contributed by atoms with van der Waals surface area (Å²) < 4.78 is 19.3. The van der Waals surface area contributed by atoms with Gasteiger partial charge in [0.2, 0.25) is 0 Å². The van der Waals surface area contributed by atoms with Crippen molar-refractivity contribution in [3.05, 3.63) is 71.2 Å². The van der Waals surface area contributed by atoms with Crippen molar-refractivity contribution in [1.29, 1.82) is 0 Å². The van der Waals surface area contributed by atoms with Crippen LogP contribution >= 0.6 is 0 Å². The highest BCUT2D eigenvalue weighted by Crippen LogP contribution is 2.54. The topological polar surface area (TPSA) is 209 Å². The van der Waals surface area contributed by atoms with Gasteiger partial charge < -0.3 is 45.1 Å². The number of nitrogens with one attached hydrogen (secondary N) is 1. The average Bonchev–Trinajstić information content (AvgIpc) is 3.65. The number of Topliss-reactive ketones (excluding diaryl/α,β-unsaturated/α-hetero) is 1. The van der Waals surface area contributed by atoms with E-state index in [-0.39, 0.29) is 49.9 Å². The molecule has 0 spiro atoms. The molecule has 56 heavy (non-hydrogen) atoms. The third-order valence-electron chi connectivity index (χ3n) is 11.3. The summed E-state index contributed by atoms with van der Waals surface area (Å²) in [4.78, 5) is 45.3. The number of carbonyl (C=O) groups excluding carboxylic acids is 3. The number of aromatic nitrogens is 2. The lowest BCUT2D eigenvalue weighted by Crippen LogP contribution is -2.46. The minimum Gasteiger partial charge on any atom is -0.507 e. The fraction of sp³-hybridized carbons (Fsp3) is 0.429. The van der Waals surface area contributed by atoms with Gasteiger partial charge in [0.1, 0.15) is 40.0 Å². The maximum atomic E-state index is 14.5. The highest BCUT2D eigenvalue weighted by atomic mass is 16.7. The molecule has 7 rings (SSSR count). The SMILES string of the molecule is CC(=O)O[C@H]1[C@H](C)[C@H](O)[C@H](C)[C@@H](O)[C@@H](C)/C=C/C=C(/C)C(=O)Nc2c(O)c3c(O)c(C)c4c(c3c3nc5cc(C)ccn5c23)C(=O)[C@@](C)(O/C=C/C(O)[C@H]1C)O4. The Bertz CT molecular complexity index is 2360. The summed E-state index contributed by atoms with van der Waals surface area (Å²) in [6.45, 7) is 14.3. The number of aryl methyl sites for hydroxylation is 1. The van der Waals surface area contributed by atoms with Crippen molar-refractivity contribution < 1.29 is 54.1 Å². The second-order valence-electron chi connectivity index (χ2n) is 15.4. The fourth-order valence-electron chi connectivity index (χ4n) is 7.75. The van der Waals surface area contributed by atoms with E-state index in [1.807, 2.05) is 13.0 Å². The fourth-order valence-corrected chi connectivity index (χ4v) is 7.75. The highest BCUT2D eigenvalue weighted by molar-refractivity contribution is 6.28. The maximum Gasteiger partial charge on any atom is 0.312 e. The summed E-state index contributed by atoms with van der Waals surface area (Å²) in [6, 6.07) is 3.61. The molecule has 4 aromatic rings. The van der Waals surface area contributed by atoms with E-state index in [2.05, 4.69) is 5.32 Å². The van der Waals surface area contributed by atoms with Gasteiger partial charge in [0.05, 0.1) is 35.5 Å². The smallest absolute Gasteiger partial charge is 0.312 e. The number of amides is 1. The summed E-state index contributed by atoms with van der Waals surface area (Å²) in [5, 5.41) is 60.3. The zero-order chi connectivity index (χ0) is 41.1. The van der Waals surface area contributed by atoms with Crippen LogP contribution in [0.1, 0.15) is 70.0 Å². The van der Waals surface area contributed by atoms with Crippen LogP contribution in [0.5, 0.6) is 17.2 Å². The Morgan fingerprint density at radius 1 is 0.964 bits per heavy atom. The standard InChI is InChI=1S/C42H49N3O11/c1-18-13-15-45-27(17-18)43-31-28-29-36(50)24(7)39-30(28)40(52)42(9,56-39)54-16-14-26(47)21(4)38(55-25(8)46)23(6)35(49)22(5)34(48)19(2)11-10-12-20(3)41(53)44-32(33(31)45)37(29)51/h10-17,19,21-23,26,34-35,38,47-51H,1-9H3,(H,44,53)/b11-10+,16-14+,20-12-/t19-,21+,22+,23+,26?,34-,35+,38+,42-/m0/s1. The molecule has 1 unspecified atom stereocenters. The molecule has 5 heterocycles. The average molecular weight is 772 g/mol. The van der Waals surface area contributed by atoms with Crippen molar-refractivity contribution in [2.45, 2.75) is 92.5 Å². The maximum absolute atomic E-state index is 14.5. The molecular weight excluding hydrogens is 722 g/mol. The third-order valence-corrected chi connectivity index (χ3v) is 11.3. The Balaban J connectivity index is 1.57. The van der Waals surface area contributed by atoms with Crippen LogP contribution < -0.4 is 10.1 Å². The number of carbonyl (C=O) groups is 3. The number of esters is 1. The number of fused-ring (bicyclic) bond motifs is 14. The van der Waals surface area contributed by atoms with E-state index < -0.39 is 83.0 Å². The van der Waals surface area contributed by atoms with Gasteiger partial charge in [0.15, 0.2) is 5.75 Å². The first-order chi connectivity index (χ1) is 26.3. The lowest BCUT2D eigenvalue weighted by molar-refractivity contribution is -0.159. The summed E-state index contributed by atoms with van der Waals surface area (Å²) >= 11 is 0. The Hall–Kier alpha value is -5.44. The predicted octanol–water partition coefficient (Wildman–Crippen LogP) is 5.50. The largest absolute Gasteiger partial charge is 0.507 e. The molecule has 3 aliphatic heterocycles. The number of phenolic OH excluding ortho intramolecular Hbond substituents is 2. The molecule has 2 aromatic carbocycles. The predicted molar refractivity (Wildman–Crippen MR) is 208 cm³/mol. The number of aliphatic hydroxyl groups excluding tert-OH is 3. The molecule has 14 heteroatoms. The molecule has 0 aliphatic carbocycles. The van der Waals surface area contributed by atoms with Crippen molar-refractivity contribution in [2.75, 3.05) is 5.32 Å². The number of imidazole rings is 1. The van der Waals surface area contributed by atoms with Crippen LogP contribution in [0.2, 0.25) is 0 Å². The number of aromatic hydroxyl groups is 2. The van der Waals surface area contributed by atoms with E-state index in [0.29, 0.717) is 5.65 Å². The van der Waals surface area contributed by atoms with Crippen molar-refractivity contribution in [3.8, 4) is 17.2 Å². The lowest BCUT2D eigenvalue weighted by Gasteiger charge is -2.37. The van der Waals surface area contributed by atoms with Crippen LogP contribution in [-0.4, -0.2) is 82.8 Å². The molecule has 0 saturated heterocycles. The molecule has 0 radical (unpaired) electrons. The summed E-state index contributed by atoms with van der Waals surface area (Å²) in [6.07, 6.45) is 4.34. The molecule has 0 saturated carbocycles. The van der Waals surface area contributed by atoms with Crippen molar-refractivity contribution in [1.82, 2.24) is 9.38 Å². The van der Waals surface area contributed by atoms with Gasteiger partial charge in [-0.05, 0) is 44.5 Å². The minimum atomic E-state index is -2.01. The zero-order valence-corrected chi connectivity index (χ0v) is 32.8. The van der Waals surface area contributed by atoms with Gasteiger partial charge in [0, 0.05) is 60.2 Å². The van der Waals surface area contributed by atoms with E-state index in [1.54, 1.807) is 63.4 Å². The van der Waals surface area contributed by atoms with Crippen molar-refractivity contribution in [2.24, 2.45) is 23.7 Å². The number of ether oxygens (including phenoxy) is 3. The third kappa shape index (κ3) is 6.75. The molecule has 3 aliphatic rings. The lowest BCUT2D eigenvalue weighted by atomic mass is 9.78. The molecular formula is C42H49N3O11. The Kier molecular flexibility index (Phi) is 10.7. The normalized spacial score (nSPS) is 31.2. The molecule has 2 aromatic heterocycles. The quantitative estimate of drug-likeness (QED) is 0.105. The summed E-state index contributed by atoms with van der Waals surface area (Å²) in [5.74, 6) is -7.59. The first kappa shape index (κ1) is 40.2. The monoisotopic (exact) mass is 771 g/mol. The first-order valence-corrected chi connectivity index (χ1v) is 18.6. The zero-order valence-electron chi connectivity index (χ0n) is 32.8. The number of aliphatic hydroxyl groups is 3. The Morgan fingerprint density at radius 2 is 1.66 bits per heavy atom. The minimum absolute atomic E-state index is 0.00473. The number of hydrogen-bond acceptors (Lipinski definition) is 12. The van der Waals surface area contributed by atoms with Gasteiger partial charge in [-0.3, -0.25) is 18.8 Å². The van der Waals surface area contributed by atoms with E-state index >= 15 is 0 Å². The number of anilines is 1. The van der Waals surface area contributed by atoms with Gasteiger partial charge in [-0.2, -0.15) is 0 Å². The Morgan fingerprint density at radius 3 is 2.34 bits per heavy atom. The molecule has 6 N–H and O–H groups in total. The van der Waals surface area contributed by atoms with Gasteiger partial charge in [-0.1, -0.05) is 45.9 Å². The van der Waals surface area contributed by atoms with Crippen LogP contribution in [0.15, 0.2) is 54.5 Å². The van der Waals surface area contributed by atoms with E-state index in [0.717, 1.165) is 11.8 Å². The molecule has 298 valence electrons. The summed E-state index contributed by atoms with van der Waals surface area (Å²) in [5.41, 5.74) is 2.02. The molecule has 0 fully saturated rings. The van der Waals surface area contributed by atoms with Crippen LogP contribution in [0, 0.1) is 37.5 Å². The van der Waals surface area contributed by atoms with E-state index in [1.165, 1.54) is 32.9 Å². The first-order valence-electron chi connectivity index (χ1n) is 18.6. The number of hydrogen-bond donors (Lipinski definition) is 6. The molecule has 14 nitrogen and oxygen atoms in total. The van der Waals surface area contributed by atoms with Crippen LogP contribution in [0.4, 0.5) is 5.69 Å². The number of benzene rings is 2. The van der Waals surface area contributed by atoms with Crippen molar-refractivity contribution >= 4 is 50.8 Å². The number of rotatable bonds is 1. The number of allylic oxidation sites excluding steroid dienone is 2. The Labute approximate surface area is 323 Å². The van der Waals surface area contributed by atoms with E-state index in [4.69, 9.17) is 19.2 Å². The van der Waals surface area contributed by atoms with Gasteiger partial charge in [0.25, 0.3) is 11.7 Å². The molecule has 1 amide bonds. The second kappa shape index (κ2) is 14.9. The second-order valence-corrected chi connectivity index (χ2v) is 15.4. The van der Waals surface area contributed by atoms with Gasteiger partial charge in [-0.15, -0.1) is 0 Å². The van der Waals surface area contributed by atoms with Crippen LogP contribution in [-0.2, 0) is 19.1 Å². The van der Waals surface area contributed by atoms with Crippen LogP contribution in [0.25, 0.3) is 27.5 Å². The number of nitrogens with zero attached hydrogens (tertiary/aromatic N) is 2. The summed E-state index contributed by atoms with van der Waals surface area (Å²) in [7, 11) is 0. The number of pyridine rings is 1. The van der Waals surface area contributed by atoms with Gasteiger partial charge in [-0.25, -0.2) is 4.98 Å². The number of ketones is 1. The van der Waals surface area contributed by atoms with Gasteiger partial charge >= 0.3 is 11.8 Å². The molecule has 5 bridgehead atoms. The highest BCUT2D eigenvalue weighted by Gasteiger charge is 2.49. The van der Waals surface area contributed by atoms with Crippen LogP contribution in [0.3, 0.4) is 0 Å².